The predicted octanol–water partition coefficient (Wildman–Crippen LogP) is 3.59. The molecule has 0 saturated carbocycles. The SMILES string of the molecule is COc1ccc(CCNC(=O)[C@@H]2Cc3ccccc3N3CCCC[C@H]23)cc1OC. The first-order valence-electron chi connectivity index (χ1n) is 10.5. The van der Waals surface area contributed by atoms with Crippen molar-refractivity contribution in [2.75, 3.05) is 32.2 Å². The lowest BCUT2D eigenvalue weighted by atomic mass is 9.80. The van der Waals surface area contributed by atoms with Gasteiger partial charge in [-0.25, -0.2) is 0 Å². The molecule has 0 unspecified atom stereocenters. The van der Waals surface area contributed by atoms with Crippen LogP contribution in [0, 0.1) is 5.92 Å². The van der Waals surface area contributed by atoms with Crippen LogP contribution in [0.3, 0.4) is 0 Å². The van der Waals surface area contributed by atoms with Crippen LogP contribution in [0.4, 0.5) is 5.69 Å². The Morgan fingerprint density at radius 2 is 1.93 bits per heavy atom. The summed E-state index contributed by atoms with van der Waals surface area (Å²) < 4.78 is 10.7. The van der Waals surface area contributed by atoms with E-state index in [1.165, 1.54) is 24.1 Å². The third-order valence-electron chi connectivity index (χ3n) is 6.25. The zero-order valence-electron chi connectivity index (χ0n) is 17.3. The van der Waals surface area contributed by atoms with Crippen molar-refractivity contribution in [3.8, 4) is 11.5 Å². The highest BCUT2D eigenvalue weighted by Crippen LogP contribution is 2.38. The number of piperidine rings is 1. The van der Waals surface area contributed by atoms with Gasteiger partial charge in [-0.05, 0) is 61.4 Å². The van der Waals surface area contributed by atoms with E-state index in [-0.39, 0.29) is 11.8 Å². The summed E-state index contributed by atoms with van der Waals surface area (Å²) >= 11 is 0. The first-order valence-corrected chi connectivity index (χ1v) is 10.5. The van der Waals surface area contributed by atoms with Crippen LogP contribution in [-0.4, -0.2) is 39.3 Å². The van der Waals surface area contributed by atoms with Crippen LogP contribution in [0.25, 0.3) is 0 Å². The van der Waals surface area contributed by atoms with E-state index < -0.39 is 0 Å². The lowest BCUT2D eigenvalue weighted by Gasteiger charge is -2.46. The third kappa shape index (κ3) is 4.04. The first kappa shape index (κ1) is 19.6. The number of benzene rings is 2. The van der Waals surface area contributed by atoms with Crippen LogP contribution < -0.4 is 19.7 Å². The molecule has 2 aliphatic heterocycles. The number of methoxy groups -OCH3 is 2. The van der Waals surface area contributed by atoms with Crippen LogP contribution in [0.2, 0.25) is 0 Å². The quantitative estimate of drug-likeness (QED) is 0.813. The van der Waals surface area contributed by atoms with E-state index in [4.69, 9.17) is 9.47 Å². The van der Waals surface area contributed by atoms with Crippen molar-refractivity contribution in [3.63, 3.8) is 0 Å². The normalized spacial score (nSPS) is 20.4. The van der Waals surface area contributed by atoms with Gasteiger partial charge in [0.05, 0.1) is 20.1 Å². The van der Waals surface area contributed by atoms with Crippen molar-refractivity contribution in [1.29, 1.82) is 0 Å². The van der Waals surface area contributed by atoms with E-state index in [2.05, 4.69) is 34.5 Å². The fraction of sp³-hybridized carbons (Fsp3) is 0.458. The van der Waals surface area contributed by atoms with E-state index in [9.17, 15) is 4.79 Å². The number of hydrogen-bond donors (Lipinski definition) is 1. The van der Waals surface area contributed by atoms with Gasteiger partial charge in [0.15, 0.2) is 11.5 Å². The first-order chi connectivity index (χ1) is 14.2. The summed E-state index contributed by atoms with van der Waals surface area (Å²) in [5, 5.41) is 3.19. The van der Waals surface area contributed by atoms with E-state index >= 15 is 0 Å². The maximum Gasteiger partial charge on any atom is 0.225 e. The molecule has 0 bridgehead atoms. The lowest BCUT2D eigenvalue weighted by Crippen LogP contribution is -2.53. The van der Waals surface area contributed by atoms with E-state index in [1.54, 1.807) is 14.2 Å². The fourth-order valence-electron chi connectivity index (χ4n) is 4.78. The lowest BCUT2D eigenvalue weighted by molar-refractivity contribution is -0.125. The molecule has 2 atom stereocenters. The van der Waals surface area contributed by atoms with Gasteiger partial charge in [-0.3, -0.25) is 4.79 Å². The molecule has 1 N–H and O–H groups in total. The second kappa shape index (κ2) is 8.76. The Morgan fingerprint density at radius 3 is 2.76 bits per heavy atom. The average Bonchev–Trinajstić information content (AvgIpc) is 2.78. The van der Waals surface area contributed by atoms with Crippen LogP contribution in [-0.2, 0) is 17.6 Å². The highest BCUT2D eigenvalue weighted by molar-refractivity contribution is 5.82. The molecular formula is C24H30N2O3. The van der Waals surface area contributed by atoms with Gasteiger partial charge in [0, 0.05) is 24.8 Å². The van der Waals surface area contributed by atoms with Gasteiger partial charge < -0.3 is 19.7 Å². The Hall–Kier alpha value is -2.69. The molecule has 4 rings (SSSR count). The molecule has 154 valence electrons. The minimum Gasteiger partial charge on any atom is -0.493 e. The molecule has 1 fully saturated rings. The van der Waals surface area contributed by atoms with Gasteiger partial charge in [0.2, 0.25) is 5.91 Å². The fourth-order valence-corrected chi connectivity index (χ4v) is 4.78. The van der Waals surface area contributed by atoms with Crippen LogP contribution in [0.1, 0.15) is 30.4 Å². The van der Waals surface area contributed by atoms with Crippen LogP contribution in [0.15, 0.2) is 42.5 Å². The Balaban J connectivity index is 1.41. The molecule has 2 heterocycles. The van der Waals surface area contributed by atoms with Crippen molar-refractivity contribution in [2.24, 2.45) is 5.92 Å². The summed E-state index contributed by atoms with van der Waals surface area (Å²) in [6.07, 6.45) is 5.11. The number of ether oxygens (including phenoxy) is 2. The molecule has 2 aromatic rings. The molecule has 1 amide bonds. The van der Waals surface area contributed by atoms with Gasteiger partial charge in [0.25, 0.3) is 0 Å². The Kier molecular flexibility index (Phi) is 5.93. The Labute approximate surface area is 173 Å². The summed E-state index contributed by atoms with van der Waals surface area (Å²) in [7, 11) is 3.27. The second-order valence-corrected chi connectivity index (χ2v) is 7.93. The van der Waals surface area contributed by atoms with Crippen molar-refractivity contribution < 1.29 is 14.3 Å². The number of nitrogens with zero attached hydrogens (tertiary/aromatic N) is 1. The highest BCUT2D eigenvalue weighted by Gasteiger charge is 2.39. The Bertz CT molecular complexity index is 867. The summed E-state index contributed by atoms with van der Waals surface area (Å²) in [6.45, 7) is 1.68. The van der Waals surface area contributed by atoms with Gasteiger partial charge in [-0.15, -0.1) is 0 Å². The third-order valence-corrected chi connectivity index (χ3v) is 6.25. The number of nitrogens with one attached hydrogen (secondary N) is 1. The molecule has 0 aliphatic carbocycles. The maximum atomic E-state index is 13.1. The number of carbonyl (C=O) groups excluding carboxylic acids is 1. The second-order valence-electron chi connectivity index (χ2n) is 7.93. The number of amides is 1. The van der Waals surface area contributed by atoms with Gasteiger partial charge in [0.1, 0.15) is 0 Å². The molecular weight excluding hydrogens is 364 g/mol. The maximum absolute atomic E-state index is 13.1. The number of carbonyl (C=O) groups is 1. The predicted molar refractivity (Wildman–Crippen MR) is 115 cm³/mol. The summed E-state index contributed by atoms with van der Waals surface area (Å²) in [6, 6.07) is 14.8. The van der Waals surface area contributed by atoms with Crippen molar-refractivity contribution >= 4 is 11.6 Å². The molecule has 0 aromatic heterocycles. The topological polar surface area (TPSA) is 50.8 Å². The van der Waals surface area contributed by atoms with Gasteiger partial charge in [-0.2, -0.15) is 0 Å². The molecule has 2 aliphatic rings. The molecule has 29 heavy (non-hydrogen) atoms. The summed E-state index contributed by atoms with van der Waals surface area (Å²) in [4.78, 5) is 15.6. The smallest absolute Gasteiger partial charge is 0.225 e. The van der Waals surface area contributed by atoms with E-state index in [0.717, 1.165) is 42.9 Å². The zero-order valence-corrected chi connectivity index (χ0v) is 17.3. The van der Waals surface area contributed by atoms with Crippen molar-refractivity contribution in [3.05, 3.63) is 53.6 Å². The number of anilines is 1. The number of para-hydroxylation sites is 1. The largest absolute Gasteiger partial charge is 0.493 e. The van der Waals surface area contributed by atoms with Crippen LogP contribution >= 0.6 is 0 Å². The molecule has 0 radical (unpaired) electrons. The minimum atomic E-state index is 0.0237. The highest BCUT2D eigenvalue weighted by atomic mass is 16.5. The average molecular weight is 395 g/mol. The van der Waals surface area contributed by atoms with Gasteiger partial charge >= 0.3 is 0 Å². The molecule has 1 saturated heterocycles. The van der Waals surface area contributed by atoms with Crippen molar-refractivity contribution in [1.82, 2.24) is 5.32 Å². The number of rotatable bonds is 6. The minimum absolute atomic E-state index is 0.0237. The van der Waals surface area contributed by atoms with E-state index in [0.29, 0.717) is 12.6 Å². The summed E-state index contributed by atoms with van der Waals surface area (Å²) in [5.74, 6) is 1.64. The molecule has 5 heteroatoms. The molecule has 0 spiro atoms. The monoisotopic (exact) mass is 394 g/mol. The van der Waals surface area contributed by atoms with Gasteiger partial charge in [-0.1, -0.05) is 24.3 Å². The number of hydrogen-bond acceptors (Lipinski definition) is 4. The summed E-state index contributed by atoms with van der Waals surface area (Å²) in [5.41, 5.74) is 3.74. The van der Waals surface area contributed by atoms with E-state index in [1.807, 2.05) is 18.2 Å². The Morgan fingerprint density at radius 1 is 1.10 bits per heavy atom. The van der Waals surface area contributed by atoms with Crippen molar-refractivity contribution in [2.45, 2.75) is 38.1 Å². The molecule has 2 aromatic carbocycles. The standard InChI is InChI=1S/C24H30N2O3/c1-28-22-11-10-17(15-23(22)29-2)12-13-25-24(27)19-16-18-7-3-4-8-20(18)26-14-6-5-9-21(19)26/h3-4,7-8,10-11,15,19,21H,5-6,9,12-14,16H2,1-2H3,(H,25,27)/t19-,21-/m1/s1. The molecule has 5 nitrogen and oxygen atoms in total. The van der Waals surface area contributed by atoms with Crippen LogP contribution in [0.5, 0.6) is 11.5 Å². The number of fused-ring (bicyclic) bond motifs is 3. The zero-order chi connectivity index (χ0) is 20.2.